The minimum absolute atomic E-state index is 0.124. The van der Waals surface area contributed by atoms with Crippen molar-refractivity contribution in [1.29, 1.82) is 0 Å². The van der Waals surface area contributed by atoms with Crippen LogP contribution in [-0.2, 0) is 0 Å². The van der Waals surface area contributed by atoms with E-state index in [0.717, 1.165) is 19.3 Å². The van der Waals surface area contributed by atoms with Gasteiger partial charge in [-0.25, -0.2) is 0 Å². The molecule has 0 heterocycles. The van der Waals surface area contributed by atoms with Gasteiger partial charge in [-0.2, -0.15) is 0 Å². The fourth-order valence-corrected chi connectivity index (χ4v) is 1.88. The van der Waals surface area contributed by atoms with Gasteiger partial charge in [-0.05, 0) is 24.8 Å². The lowest BCUT2D eigenvalue weighted by Crippen LogP contribution is -2.31. The van der Waals surface area contributed by atoms with Crippen LogP contribution >= 0.6 is 0 Å². The maximum atomic E-state index is 9.43. The van der Waals surface area contributed by atoms with Crippen LogP contribution in [0.1, 0.15) is 33.1 Å². The molecule has 2 aliphatic carbocycles. The molecule has 2 nitrogen and oxygen atoms in total. The van der Waals surface area contributed by atoms with E-state index in [-0.39, 0.29) is 12.1 Å². The highest BCUT2D eigenvalue weighted by Crippen LogP contribution is 2.32. The number of allylic oxidation sites excluding steroid dienone is 1. The molecule has 0 radical (unpaired) electrons. The summed E-state index contributed by atoms with van der Waals surface area (Å²) in [5.74, 6) is 0. The zero-order valence-electron chi connectivity index (χ0n) is 8.46. The second-order valence-corrected chi connectivity index (χ2v) is 3.30. The van der Waals surface area contributed by atoms with Crippen LogP contribution in [0.2, 0.25) is 0 Å². The van der Waals surface area contributed by atoms with Gasteiger partial charge in [-0.1, -0.05) is 31.6 Å². The van der Waals surface area contributed by atoms with E-state index in [2.05, 4.69) is 12.2 Å². The molecule has 2 rings (SSSR count). The average Bonchev–Trinajstić information content (AvgIpc) is 2.47. The summed E-state index contributed by atoms with van der Waals surface area (Å²) < 4.78 is 0. The Bertz CT molecular complexity index is 230. The van der Waals surface area contributed by atoms with Crippen molar-refractivity contribution >= 4 is 0 Å². The van der Waals surface area contributed by atoms with E-state index in [1.54, 1.807) is 0 Å². The van der Waals surface area contributed by atoms with Gasteiger partial charge in [0.15, 0.2) is 0 Å². The van der Waals surface area contributed by atoms with Gasteiger partial charge < -0.3 is 10.8 Å². The molecule has 74 valence electrons. The van der Waals surface area contributed by atoms with Crippen molar-refractivity contribution in [3.8, 4) is 0 Å². The normalized spacial score (nSPS) is 31.1. The summed E-state index contributed by atoms with van der Waals surface area (Å²) in [4.78, 5) is 0. The molecule has 0 aromatic rings. The Morgan fingerprint density at radius 1 is 1.46 bits per heavy atom. The maximum Gasteiger partial charge on any atom is 0.0769 e. The standard InChI is InChI=1S/C9H13NO.C2H6/c10-9-7-4-2-1-3-6(7)5-8(9)11;1-2/h2,4,8-9,11H,1,3,5,10H2;1-2H3. The SMILES string of the molecule is CC.NC1C2=C(CCC=C2)CC1O. The molecule has 13 heavy (non-hydrogen) atoms. The van der Waals surface area contributed by atoms with Crippen LogP contribution in [0.5, 0.6) is 0 Å². The van der Waals surface area contributed by atoms with E-state index >= 15 is 0 Å². The summed E-state index contributed by atoms with van der Waals surface area (Å²) in [6, 6.07) is -0.124. The quantitative estimate of drug-likeness (QED) is 0.598. The lowest BCUT2D eigenvalue weighted by atomic mass is 9.99. The van der Waals surface area contributed by atoms with Crippen LogP contribution in [0.3, 0.4) is 0 Å². The zero-order chi connectivity index (χ0) is 9.84. The van der Waals surface area contributed by atoms with Crippen molar-refractivity contribution in [1.82, 2.24) is 0 Å². The lowest BCUT2D eigenvalue weighted by Gasteiger charge is -2.11. The summed E-state index contributed by atoms with van der Waals surface area (Å²) >= 11 is 0. The number of aliphatic hydroxyl groups excluding tert-OH is 1. The number of hydrogen-bond donors (Lipinski definition) is 2. The molecule has 0 amide bonds. The van der Waals surface area contributed by atoms with Crippen molar-refractivity contribution in [2.75, 3.05) is 0 Å². The Morgan fingerprint density at radius 2 is 2.15 bits per heavy atom. The van der Waals surface area contributed by atoms with Gasteiger partial charge in [0.2, 0.25) is 0 Å². The van der Waals surface area contributed by atoms with Crippen molar-refractivity contribution in [2.24, 2.45) is 5.73 Å². The summed E-state index contributed by atoms with van der Waals surface area (Å²) in [7, 11) is 0. The summed E-state index contributed by atoms with van der Waals surface area (Å²) in [5, 5.41) is 9.43. The van der Waals surface area contributed by atoms with Gasteiger partial charge in [0.1, 0.15) is 0 Å². The Hall–Kier alpha value is -0.600. The van der Waals surface area contributed by atoms with Crippen molar-refractivity contribution in [3.05, 3.63) is 23.3 Å². The molecular formula is C11H19NO. The molecule has 2 unspecified atom stereocenters. The molecule has 0 spiro atoms. The minimum atomic E-state index is -0.331. The Balaban J connectivity index is 0.000000396. The maximum absolute atomic E-state index is 9.43. The first-order valence-corrected chi connectivity index (χ1v) is 5.11. The molecule has 0 aromatic carbocycles. The first-order chi connectivity index (χ1) is 6.29. The molecule has 2 aliphatic rings. The highest BCUT2D eigenvalue weighted by molar-refractivity contribution is 5.39. The predicted molar refractivity (Wildman–Crippen MR) is 55.3 cm³/mol. The summed E-state index contributed by atoms with van der Waals surface area (Å²) in [5.41, 5.74) is 8.33. The fourth-order valence-electron chi connectivity index (χ4n) is 1.88. The monoisotopic (exact) mass is 181 g/mol. The lowest BCUT2D eigenvalue weighted by molar-refractivity contribution is 0.169. The van der Waals surface area contributed by atoms with Gasteiger partial charge in [-0.15, -0.1) is 0 Å². The van der Waals surface area contributed by atoms with E-state index in [9.17, 15) is 5.11 Å². The third-order valence-corrected chi connectivity index (χ3v) is 2.55. The Labute approximate surface area is 80.1 Å². The van der Waals surface area contributed by atoms with Crippen LogP contribution < -0.4 is 5.73 Å². The van der Waals surface area contributed by atoms with Gasteiger partial charge in [0.25, 0.3) is 0 Å². The van der Waals surface area contributed by atoms with Crippen molar-refractivity contribution < 1.29 is 5.11 Å². The Morgan fingerprint density at radius 3 is 2.77 bits per heavy atom. The highest BCUT2D eigenvalue weighted by atomic mass is 16.3. The van der Waals surface area contributed by atoms with Crippen LogP contribution in [0.15, 0.2) is 23.3 Å². The van der Waals surface area contributed by atoms with Crippen LogP contribution in [0, 0.1) is 0 Å². The van der Waals surface area contributed by atoms with E-state index in [1.165, 1.54) is 11.1 Å². The molecule has 0 aliphatic heterocycles. The summed E-state index contributed by atoms with van der Waals surface area (Å²) in [6.45, 7) is 4.00. The largest absolute Gasteiger partial charge is 0.391 e. The average molecular weight is 181 g/mol. The predicted octanol–water partition coefficient (Wildman–Crippen LogP) is 1.75. The van der Waals surface area contributed by atoms with E-state index in [4.69, 9.17) is 5.73 Å². The molecule has 0 saturated heterocycles. The second kappa shape index (κ2) is 4.58. The fraction of sp³-hybridized carbons (Fsp3) is 0.636. The first kappa shape index (κ1) is 10.5. The highest BCUT2D eigenvalue weighted by Gasteiger charge is 2.29. The molecule has 0 aromatic heterocycles. The topological polar surface area (TPSA) is 46.2 Å². The molecule has 3 N–H and O–H groups in total. The second-order valence-electron chi connectivity index (χ2n) is 3.30. The smallest absolute Gasteiger partial charge is 0.0769 e. The van der Waals surface area contributed by atoms with Crippen LogP contribution in [0.25, 0.3) is 0 Å². The van der Waals surface area contributed by atoms with Gasteiger partial charge in [0, 0.05) is 0 Å². The number of nitrogens with two attached hydrogens (primary N) is 1. The third-order valence-electron chi connectivity index (χ3n) is 2.55. The van der Waals surface area contributed by atoms with Crippen LogP contribution in [-0.4, -0.2) is 17.3 Å². The van der Waals surface area contributed by atoms with E-state index < -0.39 is 0 Å². The van der Waals surface area contributed by atoms with Crippen molar-refractivity contribution in [3.63, 3.8) is 0 Å². The summed E-state index contributed by atoms with van der Waals surface area (Å²) in [6.07, 6.45) is 6.87. The molecular weight excluding hydrogens is 162 g/mol. The van der Waals surface area contributed by atoms with E-state index in [0.29, 0.717) is 0 Å². The third kappa shape index (κ3) is 2.01. The molecule has 0 fully saturated rings. The van der Waals surface area contributed by atoms with Crippen LogP contribution in [0.4, 0.5) is 0 Å². The number of aliphatic hydroxyl groups is 1. The van der Waals surface area contributed by atoms with Gasteiger partial charge in [-0.3, -0.25) is 0 Å². The van der Waals surface area contributed by atoms with E-state index in [1.807, 2.05) is 13.8 Å². The molecule has 0 saturated carbocycles. The van der Waals surface area contributed by atoms with Crippen molar-refractivity contribution in [2.45, 2.75) is 45.3 Å². The molecule has 0 bridgehead atoms. The van der Waals surface area contributed by atoms with Gasteiger partial charge >= 0.3 is 0 Å². The number of rotatable bonds is 0. The molecule has 2 atom stereocenters. The first-order valence-electron chi connectivity index (χ1n) is 5.11. The zero-order valence-corrected chi connectivity index (χ0v) is 8.46. The molecule has 2 heteroatoms. The number of hydrogen-bond acceptors (Lipinski definition) is 2. The minimum Gasteiger partial charge on any atom is -0.391 e. The Kier molecular flexibility index (Phi) is 3.70. The van der Waals surface area contributed by atoms with Gasteiger partial charge in [0.05, 0.1) is 12.1 Å².